The molecule has 0 fully saturated rings. The van der Waals surface area contributed by atoms with Gasteiger partial charge in [-0.15, -0.1) is 0 Å². The normalized spacial score (nSPS) is 20.8. The summed E-state index contributed by atoms with van der Waals surface area (Å²) in [6, 6.07) is 14.0. The molecule has 2 heterocycles. The van der Waals surface area contributed by atoms with E-state index in [0.717, 1.165) is 28.2 Å². The number of hydrogen-bond acceptors (Lipinski definition) is 5. The van der Waals surface area contributed by atoms with Crippen LogP contribution < -0.4 is 15.2 Å². The quantitative estimate of drug-likeness (QED) is 0.862. The first kappa shape index (κ1) is 18.3. The van der Waals surface area contributed by atoms with Gasteiger partial charge in [-0.3, -0.25) is 9.69 Å². The van der Waals surface area contributed by atoms with Gasteiger partial charge in [-0.1, -0.05) is 44.2 Å². The van der Waals surface area contributed by atoms with Crippen LogP contribution in [0.15, 0.2) is 47.5 Å². The molecule has 2 N–H and O–H groups in total. The van der Waals surface area contributed by atoms with Gasteiger partial charge in [-0.2, -0.15) is 0 Å². The average molecular weight is 379 g/mol. The number of amides is 1. The summed E-state index contributed by atoms with van der Waals surface area (Å²) in [6.07, 6.45) is 0.687. The summed E-state index contributed by atoms with van der Waals surface area (Å²) in [5.74, 6) is 2.17. The van der Waals surface area contributed by atoms with Gasteiger partial charge >= 0.3 is 0 Å². The number of nitrogens with two attached hydrogens (primary N) is 1. The second kappa shape index (κ2) is 6.86. The number of benzene rings is 2. The number of nitrogens with zero attached hydrogens (tertiary/aromatic N) is 2. The Balaban J connectivity index is 1.49. The molecule has 6 nitrogen and oxygen atoms in total. The minimum atomic E-state index is -0.759. The van der Waals surface area contributed by atoms with E-state index in [4.69, 9.17) is 15.2 Å². The van der Waals surface area contributed by atoms with Crippen molar-refractivity contribution in [3.05, 3.63) is 48.0 Å². The largest absolute Gasteiger partial charge is 0.454 e. The van der Waals surface area contributed by atoms with E-state index >= 15 is 0 Å². The molecule has 0 aliphatic carbocycles. The maximum Gasteiger partial charge on any atom is 0.257 e. The smallest absolute Gasteiger partial charge is 0.257 e. The number of rotatable bonds is 5. The van der Waals surface area contributed by atoms with Crippen LogP contribution in [0.4, 0.5) is 0 Å². The Morgan fingerprint density at radius 2 is 1.79 bits per heavy atom. The summed E-state index contributed by atoms with van der Waals surface area (Å²) in [7, 11) is 0. The number of ether oxygens (including phenoxy) is 2. The van der Waals surface area contributed by atoms with Crippen LogP contribution >= 0.6 is 0 Å². The van der Waals surface area contributed by atoms with E-state index in [0.29, 0.717) is 24.8 Å². The van der Waals surface area contributed by atoms with E-state index in [1.165, 1.54) is 0 Å². The van der Waals surface area contributed by atoms with Gasteiger partial charge in [0.2, 0.25) is 6.79 Å². The fraction of sp³-hybridized carbons (Fsp3) is 0.364. The molecule has 0 bridgehead atoms. The molecule has 4 rings (SSSR count). The first-order valence-electron chi connectivity index (χ1n) is 9.52. The Kier molecular flexibility index (Phi) is 4.49. The maximum atomic E-state index is 12.9. The first-order chi connectivity index (χ1) is 13.4. The zero-order chi connectivity index (χ0) is 19.9. The van der Waals surface area contributed by atoms with Crippen molar-refractivity contribution in [3.8, 4) is 22.6 Å². The molecule has 0 saturated carbocycles. The van der Waals surface area contributed by atoms with Crippen molar-refractivity contribution in [2.24, 2.45) is 16.6 Å². The molecule has 0 aromatic heterocycles. The van der Waals surface area contributed by atoms with E-state index in [1.54, 1.807) is 4.90 Å². The summed E-state index contributed by atoms with van der Waals surface area (Å²) in [5.41, 5.74) is 8.44. The zero-order valence-electron chi connectivity index (χ0n) is 16.4. The number of fused-ring (bicyclic) bond motifs is 1. The topological polar surface area (TPSA) is 77.2 Å². The van der Waals surface area contributed by atoms with Gasteiger partial charge in [0.15, 0.2) is 17.5 Å². The molecule has 1 unspecified atom stereocenters. The highest BCUT2D eigenvalue weighted by Gasteiger charge is 2.43. The number of carbonyl (C=O) groups is 1. The van der Waals surface area contributed by atoms with Crippen molar-refractivity contribution < 1.29 is 14.3 Å². The summed E-state index contributed by atoms with van der Waals surface area (Å²) in [6.45, 7) is 6.72. The van der Waals surface area contributed by atoms with Crippen molar-refractivity contribution >= 4 is 11.9 Å². The van der Waals surface area contributed by atoms with Gasteiger partial charge < -0.3 is 15.2 Å². The molecule has 0 saturated heterocycles. The highest BCUT2D eigenvalue weighted by Crippen LogP contribution is 2.36. The lowest BCUT2D eigenvalue weighted by molar-refractivity contribution is -0.131. The number of aliphatic imine (C=N–C) groups is 1. The molecule has 2 aromatic carbocycles. The predicted molar refractivity (Wildman–Crippen MR) is 108 cm³/mol. The van der Waals surface area contributed by atoms with Gasteiger partial charge in [0.25, 0.3) is 5.91 Å². The molecule has 6 heteroatoms. The molecule has 1 amide bonds. The second-order valence-corrected chi connectivity index (χ2v) is 8.00. The zero-order valence-corrected chi connectivity index (χ0v) is 16.4. The fourth-order valence-corrected chi connectivity index (χ4v) is 3.90. The van der Waals surface area contributed by atoms with Crippen molar-refractivity contribution in [2.45, 2.75) is 39.3 Å². The van der Waals surface area contributed by atoms with E-state index < -0.39 is 5.54 Å². The van der Waals surface area contributed by atoms with Crippen LogP contribution in [0.3, 0.4) is 0 Å². The Labute approximate surface area is 165 Å². The lowest BCUT2D eigenvalue weighted by Crippen LogP contribution is -2.43. The molecular formula is C22H25N3O3. The Bertz CT molecular complexity index is 937. The predicted octanol–water partition coefficient (Wildman–Crippen LogP) is 3.54. The van der Waals surface area contributed by atoms with Gasteiger partial charge in [0, 0.05) is 0 Å². The minimum absolute atomic E-state index is 0.0291. The van der Waals surface area contributed by atoms with E-state index in [2.05, 4.69) is 18.8 Å². The van der Waals surface area contributed by atoms with Crippen molar-refractivity contribution in [2.75, 3.05) is 6.79 Å². The molecule has 28 heavy (non-hydrogen) atoms. The molecule has 0 spiro atoms. The number of carbonyl (C=O) groups excluding carboxylic acids is 1. The van der Waals surface area contributed by atoms with Crippen LogP contribution in [0.1, 0.15) is 32.8 Å². The monoisotopic (exact) mass is 379 g/mol. The van der Waals surface area contributed by atoms with Crippen LogP contribution in [0, 0.1) is 5.92 Å². The molecule has 0 radical (unpaired) electrons. The third-order valence-corrected chi connectivity index (χ3v) is 5.15. The first-order valence-corrected chi connectivity index (χ1v) is 9.52. The number of guanidine groups is 1. The molecular weight excluding hydrogens is 354 g/mol. The molecule has 2 aromatic rings. The van der Waals surface area contributed by atoms with Gasteiger partial charge in [-0.25, -0.2) is 4.99 Å². The molecule has 2 aliphatic heterocycles. The Morgan fingerprint density at radius 3 is 2.50 bits per heavy atom. The van der Waals surface area contributed by atoms with E-state index in [9.17, 15) is 4.79 Å². The van der Waals surface area contributed by atoms with Crippen molar-refractivity contribution in [3.63, 3.8) is 0 Å². The maximum absolute atomic E-state index is 12.9. The Morgan fingerprint density at radius 1 is 1.11 bits per heavy atom. The van der Waals surface area contributed by atoms with Crippen LogP contribution in [0.5, 0.6) is 11.5 Å². The third kappa shape index (κ3) is 3.30. The average Bonchev–Trinajstić information content (AvgIpc) is 3.19. The van der Waals surface area contributed by atoms with Gasteiger partial charge in [-0.05, 0) is 48.1 Å². The molecule has 2 aliphatic rings. The summed E-state index contributed by atoms with van der Waals surface area (Å²) in [5, 5.41) is 0. The van der Waals surface area contributed by atoms with Gasteiger partial charge in [0.1, 0.15) is 5.54 Å². The van der Waals surface area contributed by atoms with E-state index in [1.807, 2.05) is 49.4 Å². The van der Waals surface area contributed by atoms with Crippen LogP contribution in [0.25, 0.3) is 11.1 Å². The van der Waals surface area contributed by atoms with Gasteiger partial charge in [0.05, 0.1) is 6.54 Å². The van der Waals surface area contributed by atoms with Crippen LogP contribution in [-0.2, 0) is 11.3 Å². The lowest BCUT2D eigenvalue weighted by Gasteiger charge is -2.23. The SMILES string of the molecule is CC(C)CC1(C)N=C(N)N(Cc2ccc(-c3ccc4c(c3)OCO4)cc2)C1=O. The van der Waals surface area contributed by atoms with Crippen LogP contribution in [-0.4, -0.2) is 29.1 Å². The minimum Gasteiger partial charge on any atom is -0.454 e. The highest BCUT2D eigenvalue weighted by atomic mass is 16.7. The van der Waals surface area contributed by atoms with E-state index in [-0.39, 0.29) is 12.7 Å². The fourth-order valence-electron chi connectivity index (χ4n) is 3.90. The standard InChI is InChI=1S/C22H25N3O3/c1-14(2)11-22(3)20(26)25(21(23)24-22)12-15-4-6-16(7-5-15)17-8-9-18-19(10-17)28-13-27-18/h4-10,14H,11-13H2,1-3H3,(H2,23,24). The van der Waals surface area contributed by atoms with Crippen molar-refractivity contribution in [1.82, 2.24) is 4.90 Å². The summed E-state index contributed by atoms with van der Waals surface area (Å²) in [4.78, 5) is 18.9. The Hall–Kier alpha value is -3.02. The highest BCUT2D eigenvalue weighted by molar-refractivity contribution is 6.06. The summed E-state index contributed by atoms with van der Waals surface area (Å²) >= 11 is 0. The third-order valence-electron chi connectivity index (χ3n) is 5.15. The lowest BCUT2D eigenvalue weighted by atomic mass is 9.91. The number of hydrogen-bond donors (Lipinski definition) is 1. The molecule has 146 valence electrons. The van der Waals surface area contributed by atoms with Crippen molar-refractivity contribution in [1.29, 1.82) is 0 Å². The molecule has 1 atom stereocenters. The summed E-state index contributed by atoms with van der Waals surface area (Å²) < 4.78 is 10.8. The van der Waals surface area contributed by atoms with Crippen LogP contribution in [0.2, 0.25) is 0 Å². The second-order valence-electron chi connectivity index (χ2n) is 8.00.